The number of nitrogens with one attached hydrogen (secondary N) is 1. The highest BCUT2D eigenvalue weighted by Crippen LogP contribution is 2.26. The molecule has 0 saturated carbocycles. The van der Waals surface area contributed by atoms with Gasteiger partial charge in [0.15, 0.2) is 0 Å². The molecule has 2 atom stereocenters. The SMILES string of the molecule is CNCc1ccccc1S(=O)(=O)N1CC(OC)C(OC)C1. The van der Waals surface area contributed by atoms with E-state index in [1.807, 2.05) is 12.1 Å². The van der Waals surface area contributed by atoms with Gasteiger partial charge in [-0.2, -0.15) is 4.31 Å². The predicted octanol–water partition coefficient (Wildman–Crippen LogP) is 0.440. The lowest BCUT2D eigenvalue weighted by Crippen LogP contribution is -2.31. The zero-order valence-electron chi connectivity index (χ0n) is 12.6. The van der Waals surface area contributed by atoms with Crippen LogP contribution in [0.2, 0.25) is 0 Å². The maximum atomic E-state index is 12.8. The fraction of sp³-hybridized carbons (Fsp3) is 0.571. The molecule has 0 aliphatic carbocycles. The Morgan fingerprint density at radius 1 is 1.19 bits per heavy atom. The van der Waals surface area contributed by atoms with Crippen molar-refractivity contribution in [3.8, 4) is 0 Å². The van der Waals surface area contributed by atoms with Gasteiger partial charge < -0.3 is 14.8 Å². The van der Waals surface area contributed by atoms with Crippen molar-refractivity contribution in [1.29, 1.82) is 0 Å². The van der Waals surface area contributed by atoms with Crippen molar-refractivity contribution in [3.05, 3.63) is 29.8 Å². The Morgan fingerprint density at radius 3 is 2.29 bits per heavy atom. The van der Waals surface area contributed by atoms with Gasteiger partial charge in [-0.15, -0.1) is 0 Å². The smallest absolute Gasteiger partial charge is 0.243 e. The molecule has 0 radical (unpaired) electrons. The first-order valence-corrected chi connectivity index (χ1v) is 8.26. The molecule has 2 rings (SSSR count). The Bertz CT molecular complexity index is 564. The van der Waals surface area contributed by atoms with Gasteiger partial charge in [0.25, 0.3) is 0 Å². The number of ether oxygens (including phenoxy) is 2. The van der Waals surface area contributed by atoms with Crippen LogP contribution in [0, 0.1) is 0 Å². The summed E-state index contributed by atoms with van der Waals surface area (Å²) in [4.78, 5) is 0.339. The number of methoxy groups -OCH3 is 2. The Morgan fingerprint density at radius 2 is 1.76 bits per heavy atom. The highest BCUT2D eigenvalue weighted by molar-refractivity contribution is 7.89. The summed E-state index contributed by atoms with van der Waals surface area (Å²) in [6.07, 6.45) is -0.470. The molecule has 1 aromatic rings. The number of nitrogens with zero attached hydrogens (tertiary/aromatic N) is 1. The number of hydrogen-bond acceptors (Lipinski definition) is 5. The number of rotatable bonds is 6. The van der Waals surface area contributed by atoms with Gasteiger partial charge in [-0.25, -0.2) is 8.42 Å². The topological polar surface area (TPSA) is 67.9 Å². The van der Waals surface area contributed by atoms with Crippen LogP contribution in [0.3, 0.4) is 0 Å². The van der Waals surface area contributed by atoms with Crippen molar-refractivity contribution in [2.75, 3.05) is 34.4 Å². The molecule has 21 heavy (non-hydrogen) atoms. The van der Waals surface area contributed by atoms with E-state index in [1.165, 1.54) is 4.31 Å². The molecule has 0 spiro atoms. The zero-order chi connectivity index (χ0) is 15.5. The number of sulfonamides is 1. The largest absolute Gasteiger partial charge is 0.377 e. The van der Waals surface area contributed by atoms with Crippen LogP contribution >= 0.6 is 0 Å². The maximum Gasteiger partial charge on any atom is 0.243 e. The molecule has 0 aromatic heterocycles. The summed E-state index contributed by atoms with van der Waals surface area (Å²) < 4.78 is 37.7. The molecule has 7 heteroatoms. The van der Waals surface area contributed by atoms with Crippen LogP contribution < -0.4 is 5.32 Å². The molecule has 1 aromatic carbocycles. The Kier molecular flexibility index (Phi) is 5.34. The highest BCUT2D eigenvalue weighted by Gasteiger charge is 2.40. The predicted molar refractivity (Wildman–Crippen MR) is 79.6 cm³/mol. The van der Waals surface area contributed by atoms with Crippen LogP contribution in [-0.4, -0.2) is 59.3 Å². The van der Waals surface area contributed by atoms with Crippen LogP contribution in [0.1, 0.15) is 5.56 Å². The van der Waals surface area contributed by atoms with E-state index in [-0.39, 0.29) is 12.2 Å². The highest BCUT2D eigenvalue weighted by atomic mass is 32.2. The summed E-state index contributed by atoms with van der Waals surface area (Å²) in [6, 6.07) is 7.04. The minimum atomic E-state index is -3.54. The van der Waals surface area contributed by atoms with Gasteiger partial charge in [0.05, 0.1) is 17.1 Å². The molecule has 1 aliphatic heterocycles. The Hall–Kier alpha value is -0.990. The lowest BCUT2D eigenvalue weighted by molar-refractivity contribution is -0.00461. The van der Waals surface area contributed by atoms with Gasteiger partial charge in [-0.1, -0.05) is 18.2 Å². The molecule has 0 amide bonds. The second kappa shape index (κ2) is 6.85. The average molecular weight is 314 g/mol. The molecule has 1 N–H and O–H groups in total. The molecular weight excluding hydrogens is 292 g/mol. The summed E-state index contributed by atoms with van der Waals surface area (Å²) in [6.45, 7) is 1.13. The molecule has 2 unspecified atom stereocenters. The molecule has 6 nitrogen and oxygen atoms in total. The molecule has 0 bridgehead atoms. The van der Waals surface area contributed by atoms with E-state index in [2.05, 4.69) is 5.32 Å². The summed E-state index contributed by atoms with van der Waals surface area (Å²) in [5.41, 5.74) is 0.759. The minimum Gasteiger partial charge on any atom is -0.377 e. The second-order valence-corrected chi connectivity index (χ2v) is 6.91. The van der Waals surface area contributed by atoms with Crippen LogP contribution in [0.4, 0.5) is 0 Å². The van der Waals surface area contributed by atoms with Crippen LogP contribution in [0.5, 0.6) is 0 Å². The summed E-state index contributed by atoms with van der Waals surface area (Å²) >= 11 is 0. The van der Waals surface area contributed by atoms with Crippen molar-refractivity contribution in [3.63, 3.8) is 0 Å². The van der Waals surface area contributed by atoms with E-state index < -0.39 is 10.0 Å². The molecular formula is C14H22N2O4S. The molecule has 1 aliphatic rings. The van der Waals surface area contributed by atoms with E-state index in [0.717, 1.165) is 5.56 Å². The minimum absolute atomic E-state index is 0.235. The Labute approximate surface area is 126 Å². The summed E-state index contributed by atoms with van der Waals surface area (Å²) in [7, 11) is 1.39. The first-order valence-electron chi connectivity index (χ1n) is 6.82. The van der Waals surface area contributed by atoms with Gasteiger partial charge in [0.2, 0.25) is 10.0 Å². The van der Waals surface area contributed by atoms with Gasteiger partial charge in [-0.05, 0) is 18.7 Å². The van der Waals surface area contributed by atoms with E-state index in [1.54, 1.807) is 33.4 Å². The third-order valence-electron chi connectivity index (χ3n) is 3.74. The molecule has 118 valence electrons. The normalized spacial score (nSPS) is 23.6. The number of benzene rings is 1. The van der Waals surface area contributed by atoms with E-state index in [0.29, 0.717) is 24.5 Å². The van der Waals surface area contributed by atoms with Crippen molar-refractivity contribution in [1.82, 2.24) is 9.62 Å². The summed E-state index contributed by atoms with van der Waals surface area (Å²) in [5, 5.41) is 2.99. The van der Waals surface area contributed by atoms with Crippen LogP contribution in [0.25, 0.3) is 0 Å². The van der Waals surface area contributed by atoms with E-state index in [9.17, 15) is 8.42 Å². The van der Waals surface area contributed by atoms with Crippen molar-refractivity contribution in [2.45, 2.75) is 23.6 Å². The lowest BCUT2D eigenvalue weighted by Gasteiger charge is -2.18. The van der Waals surface area contributed by atoms with Gasteiger partial charge >= 0.3 is 0 Å². The van der Waals surface area contributed by atoms with Gasteiger partial charge in [0, 0.05) is 33.9 Å². The molecule has 1 saturated heterocycles. The first-order chi connectivity index (χ1) is 10.0. The Balaban J connectivity index is 2.31. The van der Waals surface area contributed by atoms with Gasteiger partial charge in [-0.3, -0.25) is 0 Å². The zero-order valence-corrected chi connectivity index (χ0v) is 13.4. The quantitative estimate of drug-likeness (QED) is 0.825. The summed E-state index contributed by atoms with van der Waals surface area (Å²) in [5.74, 6) is 0. The first kappa shape index (κ1) is 16.4. The van der Waals surface area contributed by atoms with Crippen molar-refractivity contribution in [2.24, 2.45) is 0 Å². The third kappa shape index (κ3) is 3.27. The number of hydrogen-bond donors (Lipinski definition) is 1. The third-order valence-corrected chi connectivity index (χ3v) is 5.68. The molecule has 1 fully saturated rings. The standard InChI is InChI=1S/C14H22N2O4S/c1-15-8-11-6-4-5-7-14(11)21(17,18)16-9-12(19-2)13(10-16)20-3/h4-7,12-13,15H,8-10H2,1-3H3. The van der Waals surface area contributed by atoms with Crippen LogP contribution in [-0.2, 0) is 26.0 Å². The van der Waals surface area contributed by atoms with E-state index in [4.69, 9.17) is 9.47 Å². The monoisotopic (exact) mass is 314 g/mol. The second-order valence-electron chi connectivity index (χ2n) is 5.01. The van der Waals surface area contributed by atoms with Gasteiger partial charge in [0.1, 0.15) is 0 Å². The molecule has 1 heterocycles. The van der Waals surface area contributed by atoms with Crippen LogP contribution in [0.15, 0.2) is 29.2 Å². The van der Waals surface area contributed by atoms with Crippen molar-refractivity contribution >= 4 is 10.0 Å². The fourth-order valence-corrected chi connectivity index (χ4v) is 4.28. The van der Waals surface area contributed by atoms with E-state index >= 15 is 0 Å². The lowest BCUT2D eigenvalue weighted by atomic mass is 10.2. The maximum absolute atomic E-state index is 12.8. The average Bonchev–Trinajstić information content (AvgIpc) is 2.92. The fourth-order valence-electron chi connectivity index (χ4n) is 2.59. The van der Waals surface area contributed by atoms with Crippen molar-refractivity contribution < 1.29 is 17.9 Å².